The third-order valence-electron chi connectivity index (χ3n) is 1.47. The molecule has 0 aromatic carbocycles. The summed E-state index contributed by atoms with van der Waals surface area (Å²) in [5.41, 5.74) is -1.31. The van der Waals surface area contributed by atoms with Crippen LogP contribution in [0.2, 0.25) is 0 Å². The Hall–Kier alpha value is -0.750. The zero-order valence-electron chi connectivity index (χ0n) is 6.47. The molecule has 0 saturated carbocycles. The number of carbonyl (C=O) groups excluding carboxylic acids is 1. The lowest BCUT2D eigenvalue weighted by Gasteiger charge is -2.07. The second kappa shape index (κ2) is 4.18. The van der Waals surface area contributed by atoms with Gasteiger partial charge in [0.15, 0.2) is 5.75 Å². The average molecular weight is 286 g/mol. The Morgan fingerprint density at radius 2 is 2.21 bits per heavy atom. The summed E-state index contributed by atoms with van der Waals surface area (Å²) in [6.45, 7) is 0. The molecular formula is C7H3BrClF2NO2. The first-order chi connectivity index (χ1) is 6.45. The Bertz CT molecular complexity index is 386. The van der Waals surface area contributed by atoms with Gasteiger partial charge in [-0.1, -0.05) is 0 Å². The van der Waals surface area contributed by atoms with Gasteiger partial charge in [-0.2, -0.15) is 0 Å². The number of hydrogen-bond acceptors (Lipinski definition) is 3. The van der Waals surface area contributed by atoms with Crippen molar-refractivity contribution < 1.29 is 18.7 Å². The molecule has 1 aromatic rings. The predicted molar refractivity (Wildman–Crippen MR) is 48.7 cm³/mol. The molecule has 1 rings (SSSR count). The van der Waals surface area contributed by atoms with Crippen molar-refractivity contribution in [2.45, 2.75) is 6.43 Å². The molecule has 14 heavy (non-hydrogen) atoms. The normalized spacial score (nSPS) is 10.6. The number of hydrogen-bond donors (Lipinski definition) is 1. The highest BCUT2D eigenvalue weighted by Crippen LogP contribution is 2.34. The van der Waals surface area contributed by atoms with Gasteiger partial charge in [-0.15, -0.1) is 0 Å². The maximum atomic E-state index is 12.3. The molecule has 1 N–H and O–H groups in total. The Morgan fingerprint density at radius 3 is 2.64 bits per heavy atom. The molecule has 3 nitrogen and oxygen atoms in total. The largest absolute Gasteiger partial charge is 0.504 e. The van der Waals surface area contributed by atoms with E-state index in [1.807, 2.05) is 0 Å². The smallest absolute Gasteiger partial charge is 0.266 e. The van der Waals surface area contributed by atoms with E-state index in [-0.39, 0.29) is 4.60 Å². The summed E-state index contributed by atoms with van der Waals surface area (Å²) in [7, 11) is 0. The molecule has 76 valence electrons. The molecular weight excluding hydrogens is 283 g/mol. The molecule has 0 aliphatic heterocycles. The summed E-state index contributed by atoms with van der Waals surface area (Å²) in [6, 6.07) is 0. The van der Waals surface area contributed by atoms with E-state index in [1.54, 1.807) is 0 Å². The minimum Gasteiger partial charge on any atom is -0.504 e. The van der Waals surface area contributed by atoms with E-state index in [2.05, 4.69) is 20.9 Å². The van der Waals surface area contributed by atoms with E-state index >= 15 is 0 Å². The van der Waals surface area contributed by atoms with Gasteiger partial charge in [-0.25, -0.2) is 13.8 Å². The fourth-order valence-corrected chi connectivity index (χ4v) is 1.36. The standard InChI is InChI=1S/C7H3BrClF2NO2/c8-5-4(13)3(6(9)14)2(1-12-5)7(10)11/h1,7,13H. The Balaban J connectivity index is 3.45. The third kappa shape index (κ3) is 2.01. The predicted octanol–water partition coefficient (Wildman–Crippen LogP) is 2.87. The zero-order valence-corrected chi connectivity index (χ0v) is 8.81. The number of nitrogens with zero attached hydrogens (tertiary/aromatic N) is 1. The fourth-order valence-electron chi connectivity index (χ4n) is 0.864. The first-order valence-corrected chi connectivity index (χ1v) is 4.47. The second-order valence-corrected chi connectivity index (χ2v) is 3.40. The van der Waals surface area contributed by atoms with Crippen LogP contribution in [0.4, 0.5) is 8.78 Å². The third-order valence-corrected chi connectivity index (χ3v) is 2.24. The van der Waals surface area contributed by atoms with Crippen LogP contribution in [0.15, 0.2) is 10.8 Å². The zero-order chi connectivity index (χ0) is 10.9. The van der Waals surface area contributed by atoms with Crippen LogP contribution >= 0.6 is 27.5 Å². The summed E-state index contributed by atoms with van der Waals surface area (Å²) in [6.07, 6.45) is -2.14. The van der Waals surface area contributed by atoms with Crippen molar-refractivity contribution in [2.24, 2.45) is 0 Å². The van der Waals surface area contributed by atoms with Crippen LogP contribution in [0, 0.1) is 0 Å². The highest BCUT2D eigenvalue weighted by atomic mass is 79.9. The lowest BCUT2D eigenvalue weighted by Crippen LogP contribution is -2.00. The first kappa shape index (κ1) is 11.3. The molecule has 7 heteroatoms. The lowest BCUT2D eigenvalue weighted by molar-refractivity contribution is 0.106. The number of aromatic hydroxyl groups is 1. The van der Waals surface area contributed by atoms with Crippen molar-refractivity contribution in [3.05, 3.63) is 21.9 Å². The van der Waals surface area contributed by atoms with E-state index in [0.29, 0.717) is 0 Å². The van der Waals surface area contributed by atoms with E-state index < -0.39 is 28.5 Å². The van der Waals surface area contributed by atoms with E-state index in [1.165, 1.54) is 0 Å². The molecule has 0 amide bonds. The molecule has 0 aliphatic rings. The number of pyridine rings is 1. The van der Waals surface area contributed by atoms with Crippen LogP contribution in [-0.4, -0.2) is 15.3 Å². The highest BCUT2D eigenvalue weighted by Gasteiger charge is 2.23. The minimum absolute atomic E-state index is 0.106. The minimum atomic E-state index is -2.92. The van der Waals surface area contributed by atoms with Crippen molar-refractivity contribution in [3.8, 4) is 5.75 Å². The average Bonchev–Trinajstić information content (AvgIpc) is 2.08. The van der Waals surface area contributed by atoms with Crippen LogP contribution in [0.1, 0.15) is 22.3 Å². The van der Waals surface area contributed by atoms with Gasteiger partial charge >= 0.3 is 0 Å². The van der Waals surface area contributed by atoms with Crippen LogP contribution in [0.25, 0.3) is 0 Å². The monoisotopic (exact) mass is 285 g/mol. The summed E-state index contributed by atoms with van der Waals surface area (Å²) in [5, 5.41) is 8.10. The SMILES string of the molecule is O=C(Cl)c1c(C(F)F)cnc(Br)c1O. The van der Waals surface area contributed by atoms with Gasteiger partial charge in [0.1, 0.15) is 4.60 Å². The molecule has 0 fully saturated rings. The molecule has 0 saturated heterocycles. The van der Waals surface area contributed by atoms with Gasteiger partial charge in [0.2, 0.25) is 0 Å². The van der Waals surface area contributed by atoms with Crippen molar-refractivity contribution in [2.75, 3.05) is 0 Å². The van der Waals surface area contributed by atoms with Crippen molar-refractivity contribution >= 4 is 32.8 Å². The summed E-state index contributed by atoms with van der Waals surface area (Å²) in [5.74, 6) is -0.678. The van der Waals surface area contributed by atoms with Gasteiger partial charge in [-0.05, 0) is 27.5 Å². The second-order valence-electron chi connectivity index (χ2n) is 2.30. The van der Waals surface area contributed by atoms with E-state index in [4.69, 9.17) is 11.6 Å². The van der Waals surface area contributed by atoms with Crippen molar-refractivity contribution in [3.63, 3.8) is 0 Å². The molecule has 0 spiro atoms. The highest BCUT2D eigenvalue weighted by molar-refractivity contribution is 9.10. The molecule has 0 aliphatic carbocycles. The van der Waals surface area contributed by atoms with E-state index in [0.717, 1.165) is 6.20 Å². The Morgan fingerprint density at radius 1 is 1.64 bits per heavy atom. The molecule has 0 bridgehead atoms. The number of carbonyl (C=O) groups is 1. The summed E-state index contributed by atoms with van der Waals surface area (Å²) >= 11 is 7.83. The Labute approximate surface area is 90.8 Å². The number of alkyl halides is 2. The van der Waals surface area contributed by atoms with Crippen molar-refractivity contribution in [1.29, 1.82) is 0 Å². The lowest BCUT2D eigenvalue weighted by atomic mass is 10.1. The molecule has 0 unspecified atom stereocenters. The topological polar surface area (TPSA) is 50.2 Å². The van der Waals surface area contributed by atoms with Crippen LogP contribution in [0.3, 0.4) is 0 Å². The van der Waals surface area contributed by atoms with Crippen LogP contribution in [0.5, 0.6) is 5.75 Å². The number of aromatic nitrogens is 1. The van der Waals surface area contributed by atoms with Gasteiger partial charge in [0, 0.05) is 6.20 Å². The molecule has 0 atom stereocenters. The number of halogens is 4. The summed E-state index contributed by atoms with van der Waals surface area (Å²) in [4.78, 5) is 14.2. The summed E-state index contributed by atoms with van der Waals surface area (Å²) < 4.78 is 24.5. The van der Waals surface area contributed by atoms with Gasteiger partial charge in [0.25, 0.3) is 11.7 Å². The quantitative estimate of drug-likeness (QED) is 0.672. The number of rotatable bonds is 2. The van der Waals surface area contributed by atoms with Gasteiger partial charge in [0.05, 0.1) is 11.1 Å². The molecule has 1 aromatic heterocycles. The van der Waals surface area contributed by atoms with Crippen molar-refractivity contribution in [1.82, 2.24) is 4.98 Å². The fraction of sp³-hybridized carbons (Fsp3) is 0.143. The molecule has 0 radical (unpaired) electrons. The van der Waals surface area contributed by atoms with Crippen LogP contribution < -0.4 is 0 Å². The Kier molecular flexibility index (Phi) is 3.38. The first-order valence-electron chi connectivity index (χ1n) is 3.30. The van der Waals surface area contributed by atoms with Gasteiger partial charge in [-0.3, -0.25) is 4.79 Å². The van der Waals surface area contributed by atoms with E-state index in [9.17, 15) is 18.7 Å². The van der Waals surface area contributed by atoms with Gasteiger partial charge < -0.3 is 5.11 Å². The maximum Gasteiger partial charge on any atom is 0.266 e. The maximum absolute atomic E-state index is 12.3. The molecule has 1 heterocycles. The van der Waals surface area contributed by atoms with Crippen LogP contribution in [-0.2, 0) is 0 Å².